The van der Waals surface area contributed by atoms with Crippen molar-refractivity contribution in [2.45, 2.75) is 26.3 Å². The zero-order chi connectivity index (χ0) is 16.6. The summed E-state index contributed by atoms with van der Waals surface area (Å²) in [6, 6.07) is 14.5. The van der Waals surface area contributed by atoms with Crippen LogP contribution in [0.1, 0.15) is 20.8 Å². The highest BCUT2D eigenvalue weighted by Gasteiger charge is 2.17. The average Bonchev–Trinajstić information content (AvgIpc) is 2.47. The maximum absolute atomic E-state index is 13.0. The molecule has 5 heteroatoms. The first-order chi connectivity index (χ1) is 10.8. The SMILES string of the molecule is CC(C)(C)Nc1nc2ccccc2c(=O)n1-c1ccc(Cl)cc1. The topological polar surface area (TPSA) is 46.9 Å². The molecule has 4 nitrogen and oxygen atoms in total. The summed E-state index contributed by atoms with van der Waals surface area (Å²) in [6.45, 7) is 6.08. The first-order valence-electron chi connectivity index (χ1n) is 7.41. The zero-order valence-corrected chi connectivity index (χ0v) is 14.1. The fourth-order valence-electron chi connectivity index (χ4n) is 2.38. The lowest BCUT2D eigenvalue weighted by Gasteiger charge is -2.24. The van der Waals surface area contributed by atoms with Crippen molar-refractivity contribution in [1.29, 1.82) is 0 Å². The van der Waals surface area contributed by atoms with Crippen molar-refractivity contribution in [3.63, 3.8) is 0 Å². The van der Waals surface area contributed by atoms with E-state index in [2.05, 4.69) is 10.3 Å². The minimum Gasteiger partial charge on any atom is -0.351 e. The van der Waals surface area contributed by atoms with E-state index in [0.29, 0.717) is 21.9 Å². The Morgan fingerprint density at radius 3 is 2.35 bits per heavy atom. The second kappa shape index (κ2) is 5.70. The third-order valence-electron chi connectivity index (χ3n) is 3.35. The van der Waals surface area contributed by atoms with Gasteiger partial charge in [0.15, 0.2) is 0 Å². The summed E-state index contributed by atoms with van der Waals surface area (Å²) in [6.07, 6.45) is 0. The molecule has 0 radical (unpaired) electrons. The molecule has 0 fully saturated rings. The fourth-order valence-corrected chi connectivity index (χ4v) is 2.51. The molecule has 1 aromatic heterocycles. The molecule has 23 heavy (non-hydrogen) atoms. The van der Waals surface area contributed by atoms with Crippen LogP contribution < -0.4 is 10.9 Å². The molecule has 0 aliphatic rings. The van der Waals surface area contributed by atoms with E-state index < -0.39 is 0 Å². The second-order valence-corrected chi connectivity index (χ2v) is 6.88. The molecule has 3 aromatic rings. The Labute approximate surface area is 139 Å². The standard InChI is InChI=1S/C18H18ClN3O/c1-18(2,3)21-17-20-15-7-5-4-6-14(15)16(23)22(17)13-10-8-12(19)9-11-13/h4-11H,1-3H3,(H,20,21). The quantitative estimate of drug-likeness (QED) is 0.765. The monoisotopic (exact) mass is 327 g/mol. The summed E-state index contributed by atoms with van der Waals surface area (Å²) in [5.41, 5.74) is 1.07. The van der Waals surface area contributed by atoms with Gasteiger partial charge in [-0.15, -0.1) is 0 Å². The van der Waals surface area contributed by atoms with E-state index in [-0.39, 0.29) is 11.1 Å². The summed E-state index contributed by atoms with van der Waals surface area (Å²) in [7, 11) is 0. The van der Waals surface area contributed by atoms with Crippen LogP contribution in [-0.4, -0.2) is 15.1 Å². The number of fused-ring (bicyclic) bond motifs is 1. The highest BCUT2D eigenvalue weighted by atomic mass is 35.5. The van der Waals surface area contributed by atoms with E-state index >= 15 is 0 Å². The van der Waals surface area contributed by atoms with Crippen molar-refractivity contribution < 1.29 is 0 Å². The molecule has 0 atom stereocenters. The molecular formula is C18H18ClN3O. The Morgan fingerprint density at radius 2 is 1.70 bits per heavy atom. The lowest BCUT2D eigenvalue weighted by atomic mass is 10.1. The minimum atomic E-state index is -0.226. The van der Waals surface area contributed by atoms with Gasteiger partial charge in [0.2, 0.25) is 5.95 Å². The van der Waals surface area contributed by atoms with Crippen molar-refractivity contribution in [3.8, 4) is 5.69 Å². The number of hydrogen-bond donors (Lipinski definition) is 1. The molecule has 2 aromatic carbocycles. The first-order valence-corrected chi connectivity index (χ1v) is 7.79. The van der Waals surface area contributed by atoms with Crippen molar-refractivity contribution >= 4 is 28.5 Å². The highest BCUT2D eigenvalue weighted by molar-refractivity contribution is 6.30. The molecule has 1 N–H and O–H groups in total. The molecule has 0 aliphatic carbocycles. The third kappa shape index (κ3) is 3.22. The van der Waals surface area contributed by atoms with Crippen LogP contribution in [0.3, 0.4) is 0 Å². The molecular weight excluding hydrogens is 310 g/mol. The Kier molecular flexibility index (Phi) is 3.86. The number of halogens is 1. The minimum absolute atomic E-state index is 0.107. The van der Waals surface area contributed by atoms with Crippen LogP contribution in [0.4, 0.5) is 5.95 Å². The van der Waals surface area contributed by atoms with Gasteiger partial charge < -0.3 is 5.32 Å². The first kappa shape index (κ1) is 15.6. The van der Waals surface area contributed by atoms with Crippen LogP contribution in [0.2, 0.25) is 5.02 Å². The summed E-state index contributed by atoms with van der Waals surface area (Å²) >= 11 is 5.96. The molecule has 3 rings (SSSR count). The van der Waals surface area contributed by atoms with Crippen molar-refractivity contribution in [2.24, 2.45) is 0 Å². The normalized spacial score (nSPS) is 11.7. The van der Waals surface area contributed by atoms with E-state index in [0.717, 1.165) is 5.69 Å². The number of para-hydroxylation sites is 1. The van der Waals surface area contributed by atoms with Gasteiger partial charge in [-0.1, -0.05) is 23.7 Å². The fraction of sp³-hybridized carbons (Fsp3) is 0.222. The summed E-state index contributed by atoms with van der Waals surface area (Å²) in [5, 5.41) is 4.53. The summed E-state index contributed by atoms with van der Waals surface area (Å²) in [4.78, 5) is 17.6. The molecule has 0 saturated heterocycles. The van der Waals surface area contributed by atoms with E-state index in [1.807, 2.05) is 51.1 Å². The van der Waals surface area contributed by atoms with Crippen LogP contribution >= 0.6 is 11.6 Å². The largest absolute Gasteiger partial charge is 0.351 e. The van der Waals surface area contributed by atoms with E-state index in [4.69, 9.17) is 11.6 Å². The van der Waals surface area contributed by atoms with Crippen molar-refractivity contribution in [3.05, 3.63) is 63.9 Å². The Bertz CT molecular complexity index is 908. The number of nitrogens with zero attached hydrogens (tertiary/aromatic N) is 2. The molecule has 0 spiro atoms. The van der Waals surface area contributed by atoms with Gasteiger partial charge >= 0.3 is 0 Å². The van der Waals surface area contributed by atoms with Crippen LogP contribution in [0.15, 0.2) is 53.3 Å². The molecule has 1 heterocycles. The lowest BCUT2D eigenvalue weighted by molar-refractivity contribution is 0.621. The third-order valence-corrected chi connectivity index (χ3v) is 3.60. The van der Waals surface area contributed by atoms with Gasteiger partial charge in [0.05, 0.1) is 16.6 Å². The maximum atomic E-state index is 13.0. The summed E-state index contributed by atoms with van der Waals surface area (Å²) < 4.78 is 1.59. The van der Waals surface area contributed by atoms with Crippen molar-refractivity contribution in [1.82, 2.24) is 9.55 Å². The molecule has 0 unspecified atom stereocenters. The van der Waals surface area contributed by atoms with Gasteiger partial charge in [-0.25, -0.2) is 9.55 Å². The Morgan fingerprint density at radius 1 is 1.04 bits per heavy atom. The van der Waals surface area contributed by atoms with Crippen molar-refractivity contribution in [2.75, 3.05) is 5.32 Å². The zero-order valence-electron chi connectivity index (χ0n) is 13.3. The van der Waals surface area contributed by atoms with Gasteiger partial charge in [-0.2, -0.15) is 0 Å². The second-order valence-electron chi connectivity index (χ2n) is 6.44. The number of hydrogen-bond acceptors (Lipinski definition) is 3. The number of rotatable bonds is 2. The Balaban J connectivity index is 2.32. The van der Waals surface area contributed by atoms with E-state index in [1.165, 1.54) is 0 Å². The van der Waals surface area contributed by atoms with Gasteiger partial charge in [0.1, 0.15) is 0 Å². The number of nitrogens with one attached hydrogen (secondary N) is 1. The van der Waals surface area contributed by atoms with Crippen LogP contribution in [0.25, 0.3) is 16.6 Å². The lowest BCUT2D eigenvalue weighted by Crippen LogP contribution is -2.32. The highest BCUT2D eigenvalue weighted by Crippen LogP contribution is 2.20. The van der Waals surface area contributed by atoms with Crippen LogP contribution in [0.5, 0.6) is 0 Å². The number of benzene rings is 2. The molecule has 0 bridgehead atoms. The van der Waals surface area contributed by atoms with Crippen LogP contribution in [-0.2, 0) is 0 Å². The maximum Gasteiger partial charge on any atom is 0.267 e. The Hall–Kier alpha value is -2.33. The average molecular weight is 328 g/mol. The molecule has 118 valence electrons. The van der Waals surface area contributed by atoms with Gasteiger partial charge in [0.25, 0.3) is 5.56 Å². The predicted molar refractivity (Wildman–Crippen MR) is 95.7 cm³/mol. The van der Waals surface area contributed by atoms with Gasteiger partial charge in [-0.05, 0) is 57.2 Å². The van der Waals surface area contributed by atoms with Crippen LogP contribution in [0, 0.1) is 0 Å². The molecule has 0 saturated carbocycles. The van der Waals surface area contributed by atoms with Gasteiger partial charge in [-0.3, -0.25) is 4.79 Å². The van der Waals surface area contributed by atoms with E-state index in [1.54, 1.807) is 22.8 Å². The molecule has 0 aliphatic heterocycles. The number of aromatic nitrogens is 2. The summed E-state index contributed by atoms with van der Waals surface area (Å²) in [5.74, 6) is 0.517. The predicted octanol–water partition coefficient (Wildman–Crippen LogP) is 4.25. The van der Waals surface area contributed by atoms with E-state index in [9.17, 15) is 4.79 Å². The smallest absolute Gasteiger partial charge is 0.267 e. The van der Waals surface area contributed by atoms with Gasteiger partial charge in [0, 0.05) is 10.6 Å². The molecule has 0 amide bonds. The number of anilines is 1.